The number of anilines is 1. The molecule has 0 amide bonds. The number of carbonyl (C=O) groups excluding carboxylic acids is 1. The van der Waals surface area contributed by atoms with Gasteiger partial charge >= 0.3 is 0 Å². The normalized spacial score (nSPS) is 28.3. The van der Waals surface area contributed by atoms with Crippen LogP contribution in [0.2, 0.25) is 0 Å². The summed E-state index contributed by atoms with van der Waals surface area (Å²) in [5.74, 6) is 0.345. The topological polar surface area (TPSA) is 82.0 Å². The zero-order valence-corrected chi connectivity index (χ0v) is 10.4. The number of carbonyl (C=O) groups is 1. The average molecular weight is 233 g/mol. The third kappa shape index (κ3) is 1.93. The Kier molecular flexibility index (Phi) is 2.91. The second-order valence-electron chi connectivity index (χ2n) is 5.19. The number of hydrogen-bond donors (Lipinski definition) is 2. The van der Waals surface area contributed by atoms with Crippen LogP contribution in [0.5, 0.6) is 0 Å². The minimum absolute atomic E-state index is 0.0381. The maximum atomic E-state index is 12.6. The summed E-state index contributed by atoms with van der Waals surface area (Å²) in [7, 11) is 0. The van der Waals surface area contributed by atoms with Crippen LogP contribution in [-0.4, -0.2) is 16.8 Å². The molecule has 92 valence electrons. The third-order valence-corrected chi connectivity index (χ3v) is 3.85. The number of aryl methyl sites for hydroxylation is 1. The van der Waals surface area contributed by atoms with E-state index in [4.69, 9.17) is 11.5 Å². The van der Waals surface area contributed by atoms with Gasteiger partial charge in [0.15, 0.2) is 5.78 Å². The lowest BCUT2D eigenvalue weighted by Crippen LogP contribution is -2.41. The summed E-state index contributed by atoms with van der Waals surface area (Å²) in [6.45, 7) is 3.84. The Morgan fingerprint density at radius 2 is 2.29 bits per heavy atom. The smallest absolute Gasteiger partial charge is 0.173 e. The Bertz CT molecular complexity index is 458. The van der Waals surface area contributed by atoms with Crippen molar-refractivity contribution in [2.75, 3.05) is 5.73 Å². The van der Waals surface area contributed by atoms with Crippen molar-refractivity contribution >= 4 is 11.6 Å². The van der Waals surface area contributed by atoms with Gasteiger partial charge in [-0.15, -0.1) is 0 Å². The zero-order valence-electron chi connectivity index (χ0n) is 10.4. The first-order chi connectivity index (χ1) is 7.95. The van der Waals surface area contributed by atoms with Crippen LogP contribution in [0, 0.1) is 12.3 Å². The van der Waals surface area contributed by atoms with Gasteiger partial charge < -0.3 is 11.5 Å². The molecular formula is C13H19N3O. The molecular weight excluding hydrogens is 214 g/mol. The summed E-state index contributed by atoms with van der Waals surface area (Å²) >= 11 is 0. The number of Topliss-reactive ketones (excluding diaryl/α,β-unsaturated/α-hetero) is 1. The fraction of sp³-hybridized carbons (Fsp3) is 0.538. The van der Waals surface area contributed by atoms with Crippen LogP contribution < -0.4 is 11.5 Å². The second kappa shape index (κ2) is 4.11. The van der Waals surface area contributed by atoms with Gasteiger partial charge in [0, 0.05) is 17.7 Å². The molecule has 1 fully saturated rings. The Morgan fingerprint density at radius 1 is 1.59 bits per heavy atom. The first-order valence-electron chi connectivity index (χ1n) is 5.97. The number of rotatable bonds is 2. The molecule has 0 saturated heterocycles. The molecule has 1 heterocycles. The van der Waals surface area contributed by atoms with Crippen LogP contribution in [0.25, 0.3) is 0 Å². The number of nitrogen functional groups attached to an aromatic ring is 1. The van der Waals surface area contributed by atoms with Crippen molar-refractivity contribution in [3.05, 3.63) is 23.4 Å². The number of pyridine rings is 1. The highest BCUT2D eigenvalue weighted by Crippen LogP contribution is 2.40. The van der Waals surface area contributed by atoms with Crippen LogP contribution in [0.3, 0.4) is 0 Å². The van der Waals surface area contributed by atoms with Gasteiger partial charge in [-0.3, -0.25) is 4.79 Å². The Labute approximate surface area is 101 Å². The minimum atomic E-state index is -0.483. The molecule has 17 heavy (non-hydrogen) atoms. The molecule has 1 aromatic heterocycles. The van der Waals surface area contributed by atoms with Gasteiger partial charge in [-0.05, 0) is 31.4 Å². The summed E-state index contributed by atoms with van der Waals surface area (Å²) in [6.07, 6.45) is 4.41. The Balaban J connectivity index is 2.40. The number of aromatic nitrogens is 1. The van der Waals surface area contributed by atoms with Gasteiger partial charge in [-0.2, -0.15) is 0 Å². The van der Waals surface area contributed by atoms with E-state index in [1.54, 1.807) is 12.3 Å². The molecule has 1 saturated carbocycles. The number of nitrogens with zero attached hydrogens (tertiary/aromatic N) is 1. The molecule has 1 aromatic rings. The lowest BCUT2D eigenvalue weighted by molar-refractivity contribution is 0.0803. The van der Waals surface area contributed by atoms with Crippen molar-refractivity contribution in [1.29, 1.82) is 0 Å². The molecule has 4 heteroatoms. The molecule has 4 nitrogen and oxygen atoms in total. The molecule has 0 aromatic carbocycles. The highest BCUT2D eigenvalue weighted by molar-refractivity contribution is 6.04. The van der Waals surface area contributed by atoms with Crippen LogP contribution in [0.4, 0.5) is 5.82 Å². The van der Waals surface area contributed by atoms with Crippen LogP contribution in [0.1, 0.15) is 42.1 Å². The lowest BCUT2D eigenvalue weighted by Gasteiger charge is -2.27. The van der Waals surface area contributed by atoms with E-state index in [2.05, 4.69) is 4.98 Å². The summed E-state index contributed by atoms with van der Waals surface area (Å²) in [4.78, 5) is 16.6. The van der Waals surface area contributed by atoms with Gasteiger partial charge in [-0.1, -0.05) is 13.3 Å². The summed E-state index contributed by atoms with van der Waals surface area (Å²) in [5.41, 5.74) is 12.8. The number of ketones is 1. The van der Waals surface area contributed by atoms with Crippen molar-refractivity contribution < 1.29 is 4.79 Å². The number of nitrogens with two attached hydrogens (primary N) is 2. The van der Waals surface area contributed by atoms with Gasteiger partial charge in [-0.25, -0.2) is 4.98 Å². The highest BCUT2D eigenvalue weighted by atomic mass is 16.1. The summed E-state index contributed by atoms with van der Waals surface area (Å²) < 4.78 is 0. The predicted octanol–water partition coefficient (Wildman–Crippen LogP) is 1.67. The predicted molar refractivity (Wildman–Crippen MR) is 67.7 cm³/mol. The largest absolute Gasteiger partial charge is 0.383 e. The second-order valence-corrected chi connectivity index (χ2v) is 5.19. The standard InChI is InChI=1S/C13H19N3O/c1-8-6-9(12(15)16-7-8)11(17)13(2)5-3-4-10(13)14/h6-7,10H,3-5,14H2,1-2H3,(H2,15,16). The van der Waals surface area contributed by atoms with E-state index in [9.17, 15) is 4.79 Å². The first-order valence-corrected chi connectivity index (χ1v) is 5.97. The molecule has 2 rings (SSSR count). The molecule has 0 bridgehead atoms. The summed E-state index contributed by atoms with van der Waals surface area (Å²) in [6, 6.07) is 1.73. The lowest BCUT2D eigenvalue weighted by atomic mass is 9.78. The zero-order chi connectivity index (χ0) is 12.6. The third-order valence-electron chi connectivity index (χ3n) is 3.85. The van der Waals surface area contributed by atoms with E-state index in [0.29, 0.717) is 11.4 Å². The van der Waals surface area contributed by atoms with Crippen molar-refractivity contribution in [3.8, 4) is 0 Å². The van der Waals surface area contributed by atoms with Gasteiger partial charge in [0.2, 0.25) is 0 Å². The van der Waals surface area contributed by atoms with E-state index in [1.807, 2.05) is 13.8 Å². The summed E-state index contributed by atoms with van der Waals surface area (Å²) in [5, 5.41) is 0. The van der Waals surface area contributed by atoms with Crippen LogP contribution >= 0.6 is 0 Å². The first kappa shape index (κ1) is 12.0. The molecule has 1 aliphatic rings. The van der Waals surface area contributed by atoms with E-state index in [0.717, 1.165) is 24.8 Å². The van der Waals surface area contributed by atoms with Gasteiger partial charge in [0.25, 0.3) is 0 Å². The quantitative estimate of drug-likeness (QED) is 0.761. The van der Waals surface area contributed by atoms with E-state index < -0.39 is 5.41 Å². The monoisotopic (exact) mass is 233 g/mol. The minimum Gasteiger partial charge on any atom is -0.383 e. The maximum absolute atomic E-state index is 12.6. The molecule has 4 N–H and O–H groups in total. The molecule has 0 radical (unpaired) electrons. The number of hydrogen-bond acceptors (Lipinski definition) is 4. The molecule has 0 aliphatic heterocycles. The highest BCUT2D eigenvalue weighted by Gasteiger charge is 2.43. The molecule has 0 spiro atoms. The van der Waals surface area contributed by atoms with Crippen molar-refractivity contribution in [3.63, 3.8) is 0 Å². The fourth-order valence-corrected chi connectivity index (χ4v) is 2.54. The van der Waals surface area contributed by atoms with Crippen LogP contribution in [0.15, 0.2) is 12.3 Å². The van der Waals surface area contributed by atoms with Crippen molar-refractivity contribution in [1.82, 2.24) is 4.98 Å². The average Bonchev–Trinajstić information content (AvgIpc) is 2.63. The van der Waals surface area contributed by atoms with E-state index in [1.165, 1.54) is 0 Å². The Hall–Kier alpha value is -1.42. The van der Waals surface area contributed by atoms with E-state index in [-0.39, 0.29) is 11.8 Å². The SMILES string of the molecule is Cc1cnc(N)c(C(=O)C2(C)CCCC2N)c1. The van der Waals surface area contributed by atoms with Crippen LogP contribution in [-0.2, 0) is 0 Å². The Morgan fingerprint density at radius 3 is 2.88 bits per heavy atom. The fourth-order valence-electron chi connectivity index (χ4n) is 2.54. The van der Waals surface area contributed by atoms with E-state index >= 15 is 0 Å². The molecule has 2 unspecified atom stereocenters. The molecule has 2 atom stereocenters. The van der Waals surface area contributed by atoms with Crippen molar-refractivity contribution in [2.45, 2.75) is 39.2 Å². The van der Waals surface area contributed by atoms with Gasteiger partial charge in [0.05, 0.1) is 5.56 Å². The maximum Gasteiger partial charge on any atom is 0.173 e. The van der Waals surface area contributed by atoms with Gasteiger partial charge in [0.1, 0.15) is 5.82 Å². The van der Waals surface area contributed by atoms with Crippen molar-refractivity contribution in [2.24, 2.45) is 11.1 Å². The molecule has 1 aliphatic carbocycles.